The maximum Gasteiger partial charge on any atom is 0.387 e. The van der Waals surface area contributed by atoms with Gasteiger partial charge in [0.05, 0.1) is 13.1 Å². The Morgan fingerprint density at radius 1 is 1.22 bits per heavy atom. The van der Waals surface area contributed by atoms with E-state index in [-0.39, 0.29) is 17.7 Å². The van der Waals surface area contributed by atoms with Crippen LogP contribution in [0.1, 0.15) is 35.6 Å². The molecule has 144 valence electrons. The lowest BCUT2D eigenvalue weighted by molar-refractivity contribution is -0.885. The molecular weight excluding hydrogens is 350 g/mol. The summed E-state index contributed by atoms with van der Waals surface area (Å²) >= 11 is 0. The van der Waals surface area contributed by atoms with Crippen LogP contribution in [-0.2, 0) is 17.8 Å². The molecule has 4 nitrogen and oxygen atoms in total. The lowest BCUT2D eigenvalue weighted by Crippen LogP contribution is -3.08. The number of nitrogens with one attached hydrogen (secondary N) is 2. The van der Waals surface area contributed by atoms with Crippen molar-refractivity contribution in [2.75, 3.05) is 13.6 Å². The molecule has 0 radical (unpaired) electrons. The van der Waals surface area contributed by atoms with E-state index in [1.165, 1.54) is 23.3 Å². The first-order valence-electron chi connectivity index (χ1n) is 9.23. The molecule has 1 unspecified atom stereocenters. The second-order valence-electron chi connectivity index (χ2n) is 7.04. The van der Waals surface area contributed by atoms with Gasteiger partial charge in [0.25, 0.3) is 5.91 Å². The van der Waals surface area contributed by atoms with Crippen LogP contribution in [0.3, 0.4) is 0 Å². The normalized spacial score (nSPS) is 17.3. The summed E-state index contributed by atoms with van der Waals surface area (Å²) in [6.45, 7) is -1.84. The fraction of sp³-hybridized carbons (Fsp3) is 0.381. The van der Waals surface area contributed by atoms with Crippen LogP contribution in [0.4, 0.5) is 8.78 Å². The van der Waals surface area contributed by atoms with Crippen LogP contribution in [0.2, 0.25) is 0 Å². The van der Waals surface area contributed by atoms with E-state index in [1.807, 2.05) is 19.2 Å². The van der Waals surface area contributed by atoms with Gasteiger partial charge in [-0.1, -0.05) is 24.3 Å². The number of carbonyl (C=O) groups excluding carboxylic acids is 1. The van der Waals surface area contributed by atoms with Crippen molar-refractivity contribution in [3.8, 4) is 5.75 Å². The van der Waals surface area contributed by atoms with Gasteiger partial charge in [-0.05, 0) is 54.7 Å². The van der Waals surface area contributed by atoms with Crippen molar-refractivity contribution in [1.29, 1.82) is 0 Å². The third-order valence-electron chi connectivity index (χ3n) is 4.82. The maximum atomic E-state index is 12.5. The topological polar surface area (TPSA) is 42.8 Å². The highest BCUT2D eigenvalue weighted by molar-refractivity contribution is 5.77. The first-order chi connectivity index (χ1) is 13.0. The number of halogens is 2. The van der Waals surface area contributed by atoms with E-state index in [4.69, 9.17) is 0 Å². The summed E-state index contributed by atoms with van der Waals surface area (Å²) in [4.78, 5) is 13.5. The number of amides is 1. The average molecular weight is 375 g/mol. The molecule has 0 aliphatic heterocycles. The minimum absolute atomic E-state index is 0.0202. The first kappa shape index (κ1) is 19.3. The zero-order valence-electron chi connectivity index (χ0n) is 15.4. The van der Waals surface area contributed by atoms with Crippen molar-refractivity contribution in [3.05, 3.63) is 65.2 Å². The summed E-state index contributed by atoms with van der Waals surface area (Å²) < 4.78 is 28.7. The smallest absolute Gasteiger partial charge is 0.387 e. The molecule has 0 aromatic heterocycles. The molecule has 1 amide bonds. The van der Waals surface area contributed by atoms with Gasteiger partial charge < -0.3 is 15.0 Å². The predicted molar refractivity (Wildman–Crippen MR) is 98.8 cm³/mol. The minimum atomic E-state index is -2.82. The Kier molecular flexibility index (Phi) is 6.40. The standard InChI is InChI=1S/C21H24F2N2O2/c1-25(13-15-9-11-17(12-10-15)27-21(22)23)14-20(26)24-19-8-4-6-16-5-2-3-7-18(16)19/h2-3,5,7,9-12,19,21H,4,6,8,13-14H2,1H3,(H,24,26)/p+1/t19-/m1/s1. The van der Waals surface area contributed by atoms with E-state index < -0.39 is 6.61 Å². The lowest BCUT2D eigenvalue weighted by atomic mass is 9.88. The molecule has 0 bridgehead atoms. The molecule has 1 aliphatic rings. The molecule has 2 aromatic rings. The summed E-state index contributed by atoms with van der Waals surface area (Å²) in [7, 11) is 1.94. The highest BCUT2D eigenvalue weighted by Gasteiger charge is 2.22. The highest BCUT2D eigenvalue weighted by Crippen LogP contribution is 2.29. The van der Waals surface area contributed by atoms with Gasteiger partial charge in [-0.3, -0.25) is 4.79 Å². The quantitative estimate of drug-likeness (QED) is 0.781. The molecule has 2 N–H and O–H groups in total. The van der Waals surface area contributed by atoms with E-state index in [0.29, 0.717) is 13.1 Å². The average Bonchev–Trinajstić information content (AvgIpc) is 2.63. The number of rotatable bonds is 7. The van der Waals surface area contributed by atoms with Gasteiger partial charge in [-0.25, -0.2) is 0 Å². The van der Waals surface area contributed by atoms with Crippen molar-refractivity contribution < 1.29 is 23.2 Å². The molecule has 6 heteroatoms. The van der Waals surface area contributed by atoms with E-state index in [0.717, 1.165) is 29.7 Å². The molecule has 3 rings (SSSR count). The molecule has 0 saturated heterocycles. The van der Waals surface area contributed by atoms with Gasteiger partial charge in [0.2, 0.25) is 0 Å². The maximum absolute atomic E-state index is 12.5. The molecule has 2 aromatic carbocycles. The number of benzene rings is 2. The number of hydrogen-bond donors (Lipinski definition) is 2. The van der Waals surface area contributed by atoms with Crippen LogP contribution in [0.5, 0.6) is 5.75 Å². The molecule has 0 saturated carbocycles. The summed E-state index contributed by atoms with van der Waals surface area (Å²) in [5, 5.41) is 3.16. The SMILES string of the molecule is C[NH+](CC(=O)N[C@@H]1CCCc2ccccc21)Cc1ccc(OC(F)F)cc1. The molecule has 27 heavy (non-hydrogen) atoms. The van der Waals surface area contributed by atoms with Crippen LogP contribution in [0.25, 0.3) is 0 Å². The predicted octanol–water partition coefficient (Wildman–Crippen LogP) is 2.50. The lowest BCUT2D eigenvalue weighted by Gasteiger charge is -2.26. The fourth-order valence-electron chi connectivity index (χ4n) is 3.62. The Labute approximate surface area is 158 Å². The summed E-state index contributed by atoms with van der Waals surface area (Å²) in [5.41, 5.74) is 3.51. The zero-order chi connectivity index (χ0) is 19.2. The summed E-state index contributed by atoms with van der Waals surface area (Å²) in [6.07, 6.45) is 3.12. The fourth-order valence-corrected chi connectivity index (χ4v) is 3.62. The van der Waals surface area contributed by atoms with Gasteiger partial charge in [0.15, 0.2) is 6.54 Å². The molecule has 2 atom stereocenters. The number of carbonyl (C=O) groups is 1. The number of alkyl halides is 2. The molecule has 0 fully saturated rings. The largest absolute Gasteiger partial charge is 0.435 e. The van der Waals surface area contributed by atoms with Gasteiger partial charge >= 0.3 is 6.61 Å². The number of ether oxygens (including phenoxy) is 1. The molecule has 0 spiro atoms. The third-order valence-corrected chi connectivity index (χ3v) is 4.82. The number of likely N-dealkylation sites (N-methyl/N-ethyl adjacent to an activating group) is 1. The van der Waals surface area contributed by atoms with E-state index in [1.54, 1.807) is 12.1 Å². The Hall–Kier alpha value is -2.47. The highest BCUT2D eigenvalue weighted by atomic mass is 19.3. The molecular formula is C21H25F2N2O2+. The Morgan fingerprint density at radius 3 is 2.70 bits per heavy atom. The third kappa shape index (κ3) is 5.50. The van der Waals surface area contributed by atoms with Crippen molar-refractivity contribution >= 4 is 5.91 Å². The van der Waals surface area contributed by atoms with E-state index in [9.17, 15) is 13.6 Å². The monoisotopic (exact) mass is 375 g/mol. The minimum Gasteiger partial charge on any atom is -0.435 e. The van der Waals surface area contributed by atoms with Crippen molar-refractivity contribution in [1.82, 2.24) is 5.32 Å². The van der Waals surface area contributed by atoms with Crippen LogP contribution in [0.15, 0.2) is 48.5 Å². The number of fused-ring (bicyclic) bond motifs is 1. The van der Waals surface area contributed by atoms with Gasteiger partial charge in [0, 0.05) is 5.56 Å². The molecule has 0 heterocycles. The van der Waals surface area contributed by atoms with Crippen molar-refractivity contribution in [2.24, 2.45) is 0 Å². The Bertz CT molecular complexity index is 765. The van der Waals surface area contributed by atoms with E-state index >= 15 is 0 Å². The summed E-state index contributed by atoms with van der Waals surface area (Å²) in [5.74, 6) is 0.159. The Balaban J connectivity index is 1.51. The number of quaternary nitrogens is 1. The van der Waals surface area contributed by atoms with Gasteiger partial charge in [-0.2, -0.15) is 8.78 Å². The van der Waals surface area contributed by atoms with E-state index in [2.05, 4.69) is 22.2 Å². The van der Waals surface area contributed by atoms with Crippen LogP contribution in [0, 0.1) is 0 Å². The second kappa shape index (κ2) is 8.95. The summed E-state index contributed by atoms with van der Waals surface area (Å²) in [6, 6.07) is 14.9. The zero-order valence-corrected chi connectivity index (χ0v) is 15.4. The van der Waals surface area contributed by atoms with Gasteiger partial charge in [0.1, 0.15) is 12.3 Å². The van der Waals surface area contributed by atoms with Gasteiger partial charge in [-0.15, -0.1) is 0 Å². The first-order valence-corrected chi connectivity index (χ1v) is 9.23. The van der Waals surface area contributed by atoms with Crippen molar-refractivity contribution in [3.63, 3.8) is 0 Å². The van der Waals surface area contributed by atoms with Crippen LogP contribution < -0.4 is 15.0 Å². The van der Waals surface area contributed by atoms with Crippen molar-refractivity contribution in [2.45, 2.75) is 38.5 Å². The Morgan fingerprint density at radius 2 is 1.96 bits per heavy atom. The molecule has 1 aliphatic carbocycles. The number of hydrogen-bond acceptors (Lipinski definition) is 2. The van der Waals surface area contributed by atoms with Crippen LogP contribution in [-0.4, -0.2) is 26.1 Å². The second-order valence-corrected chi connectivity index (χ2v) is 7.04. The number of aryl methyl sites for hydroxylation is 1. The van der Waals surface area contributed by atoms with Crippen LogP contribution >= 0.6 is 0 Å².